The fraction of sp³-hybridized carbons (Fsp3) is 0. The number of carbonyl (C=O) groups is 1. The minimum absolute atomic E-state index is 0.0476. The van der Waals surface area contributed by atoms with Crippen molar-refractivity contribution >= 4 is 17.4 Å². The number of aromatic nitrogens is 3. The Morgan fingerprint density at radius 3 is 2.60 bits per heavy atom. The minimum atomic E-state index is -0.0476. The zero-order chi connectivity index (χ0) is 17.1. The lowest BCUT2D eigenvalue weighted by atomic mass is 10.1. The number of pyridine rings is 1. The van der Waals surface area contributed by atoms with Gasteiger partial charge in [0.05, 0.1) is 17.4 Å². The van der Waals surface area contributed by atoms with Crippen molar-refractivity contribution in [2.45, 2.75) is 0 Å². The van der Waals surface area contributed by atoms with Gasteiger partial charge in [0.2, 0.25) is 0 Å². The molecule has 0 saturated heterocycles. The first-order valence-corrected chi connectivity index (χ1v) is 7.96. The van der Waals surface area contributed by atoms with Gasteiger partial charge >= 0.3 is 0 Å². The molecule has 0 radical (unpaired) electrons. The van der Waals surface area contributed by atoms with Crippen LogP contribution in [0.25, 0.3) is 22.9 Å². The quantitative estimate of drug-likeness (QED) is 0.415. The topological polar surface area (TPSA) is 47.3 Å². The number of hydrogen-bond donors (Lipinski definition) is 0. The third-order valence-corrected chi connectivity index (χ3v) is 4.01. The average Bonchev–Trinajstić information content (AvgIpc) is 3.11. The molecule has 4 nitrogen and oxygen atoms in total. The molecule has 3 aromatic heterocycles. The molecule has 120 valence electrons. The molecule has 0 aliphatic heterocycles. The summed E-state index contributed by atoms with van der Waals surface area (Å²) in [5.41, 5.74) is 4.29. The van der Waals surface area contributed by atoms with E-state index in [2.05, 4.69) is 9.97 Å². The second kappa shape index (κ2) is 6.53. The molecule has 0 aliphatic rings. The summed E-state index contributed by atoms with van der Waals surface area (Å²) >= 11 is 0. The molecule has 0 unspecified atom stereocenters. The van der Waals surface area contributed by atoms with Crippen molar-refractivity contribution < 1.29 is 4.79 Å². The molecule has 0 N–H and O–H groups in total. The van der Waals surface area contributed by atoms with Gasteiger partial charge < -0.3 is 4.40 Å². The predicted molar refractivity (Wildman–Crippen MR) is 98.2 cm³/mol. The standard InChI is InChI=1S/C21H15N3O/c25-21(7-6-16-8-11-22-12-9-16)18-10-13-24-15-19(23-14-20(18)24)17-4-2-1-3-5-17/h1-15H/b7-6+. The van der Waals surface area contributed by atoms with E-state index in [9.17, 15) is 4.79 Å². The molecule has 3 heterocycles. The van der Waals surface area contributed by atoms with Crippen LogP contribution in [0.4, 0.5) is 0 Å². The number of fused-ring (bicyclic) bond motifs is 1. The molecule has 0 bridgehead atoms. The van der Waals surface area contributed by atoms with E-state index in [1.54, 1.807) is 30.7 Å². The molecule has 0 amide bonds. The van der Waals surface area contributed by atoms with Crippen LogP contribution in [-0.2, 0) is 0 Å². The van der Waals surface area contributed by atoms with E-state index in [1.807, 2.05) is 65.3 Å². The Morgan fingerprint density at radius 1 is 1.00 bits per heavy atom. The first-order chi connectivity index (χ1) is 12.3. The summed E-state index contributed by atoms with van der Waals surface area (Å²) < 4.78 is 1.93. The van der Waals surface area contributed by atoms with Crippen molar-refractivity contribution in [3.05, 3.63) is 96.7 Å². The summed E-state index contributed by atoms with van der Waals surface area (Å²) in [5, 5.41) is 0. The number of rotatable bonds is 4. The Hall–Kier alpha value is -3.53. The van der Waals surface area contributed by atoms with Crippen molar-refractivity contribution in [2.75, 3.05) is 0 Å². The number of carbonyl (C=O) groups excluding carboxylic acids is 1. The smallest absolute Gasteiger partial charge is 0.188 e. The second-order valence-corrected chi connectivity index (χ2v) is 5.64. The Labute approximate surface area is 145 Å². The van der Waals surface area contributed by atoms with Gasteiger partial charge in [0.15, 0.2) is 5.78 Å². The van der Waals surface area contributed by atoms with Crippen LogP contribution in [0.3, 0.4) is 0 Å². The number of allylic oxidation sites excluding steroid dienone is 1. The van der Waals surface area contributed by atoms with Crippen LogP contribution in [0.15, 0.2) is 85.6 Å². The first kappa shape index (κ1) is 15.0. The van der Waals surface area contributed by atoms with Crippen molar-refractivity contribution in [1.29, 1.82) is 0 Å². The van der Waals surface area contributed by atoms with Crippen LogP contribution in [0, 0.1) is 0 Å². The maximum absolute atomic E-state index is 12.5. The van der Waals surface area contributed by atoms with Gasteiger partial charge in [-0.2, -0.15) is 0 Å². The van der Waals surface area contributed by atoms with E-state index >= 15 is 0 Å². The normalized spacial score (nSPS) is 11.2. The average molecular weight is 325 g/mol. The van der Waals surface area contributed by atoms with Crippen LogP contribution in [0.1, 0.15) is 15.9 Å². The lowest BCUT2D eigenvalue weighted by molar-refractivity contribution is 0.104. The largest absolute Gasteiger partial charge is 0.320 e. The van der Waals surface area contributed by atoms with Crippen molar-refractivity contribution in [3.8, 4) is 11.3 Å². The Kier molecular flexibility index (Phi) is 3.92. The molecule has 0 atom stereocenters. The van der Waals surface area contributed by atoms with Crippen molar-refractivity contribution in [2.24, 2.45) is 0 Å². The highest BCUT2D eigenvalue weighted by atomic mass is 16.1. The monoisotopic (exact) mass is 325 g/mol. The molecule has 4 heteroatoms. The minimum Gasteiger partial charge on any atom is -0.320 e. The van der Waals surface area contributed by atoms with Crippen LogP contribution in [0.5, 0.6) is 0 Å². The van der Waals surface area contributed by atoms with E-state index in [0.29, 0.717) is 5.56 Å². The van der Waals surface area contributed by atoms with Crippen LogP contribution >= 0.6 is 0 Å². The van der Waals surface area contributed by atoms with Gasteiger partial charge in [0, 0.05) is 35.9 Å². The summed E-state index contributed by atoms with van der Waals surface area (Å²) in [6, 6.07) is 15.5. The molecular formula is C21H15N3O. The van der Waals surface area contributed by atoms with E-state index in [-0.39, 0.29) is 5.78 Å². The van der Waals surface area contributed by atoms with Crippen LogP contribution < -0.4 is 0 Å². The molecule has 25 heavy (non-hydrogen) atoms. The Bertz CT molecular complexity index is 1050. The second-order valence-electron chi connectivity index (χ2n) is 5.64. The van der Waals surface area contributed by atoms with Crippen molar-refractivity contribution in [3.63, 3.8) is 0 Å². The van der Waals surface area contributed by atoms with Crippen molar-refractivity contribution in [1.82, 2.24) is 14.4 Å². The Balaban J connectivity index is 1.65. The molecule has 0 spiro atoms. The highest BCUT2D eigenvalue weighted by Gasteiger charge is 2.10. The van der Waals surface area contributed by atoms with Gasteiger partial charge in [-0.05, 0) is 29.8 Å². The fourth-order valence-corrected chi connectivity index (χ4v) is 2.71. The van der Waals surface area contributed by atoms with Gasteiger partial charge in [-0.25, -0.2) is 0 Å². The van der Waals surface area contributed by atoms with E-state index in [1.165, 1.54) is 0 Å². The van der Waals surface area contributed by atoms with E-state index in [0.717, 1.165) is 22.3 Å². The summed E-state index contributed by atoms with van der Waals surface area (Å²) in [5.74, 6) is -0.0476. The number of hydrogen-bond acceptors (Lipinski definition) is 3. The lowest BCUT2D eigenvalue weighted by Gasteiger charge is -2.03. The molecule has 0 saturated carbocycles. The molecule has 1 aromatic carbocycles. The van der Waals surface area contributed by atoms with Gasteiger partial charge in [0.1, 0.15) is 0 Å². The lowest BCUT2D eigenvalue weighted by Crippen LogP contribution is -1.95. The highest BCUT2D eigenvalue weighted by molar-refractivity contribution is 6.11. The van der Waals surface area contributed by atoms with Crippen LogP contribution in [0.2, 0.25) is 0 Å². The maximum atomic E-state index is 12.5. The maximum Gasteiger partial charge on any atom is 0.188 e. The molecule has 4 aromatic rings. The van der Waals surface area contributed by atoms with Gasteiger partial charge in [0.25, 0.3) is 0 Å². The Morgan fingerprint density at radius 2 is 1.80 bits per heavy atom. The molecular weight excluding hydrogens is 310 g/mol. The third kappa shape index (κ3) is 3.10. The zero-order valence-corrected chi connectivity index (χ0v) is 13.4. The first-order valence-electron chi connectivity index (χ1n) is 7.96. The molecule has 0 fully saturated rings. The summed E-state index contributed by atoms with van der Waals surface area (Å²) in [6.45, 7) is 0. The predicted octanol–water partition coefficient (Wildman–Crippen LogP) is 4.29. The fourth-order valence-electron chi connectivity index (χ4n) is 2.71. The highest BCUT2D eigenvalue weighted by Crippen LogP contribution is 2.20. The van der Waals surface area contributed by atoms with E-state index in [4.69, 9.17) is 0 Å². The summed E-state index contributed by atoms with van der Waals surface area (Å²) in [7, 11) is 0. The van der Waals surface area contributed by atoms with E-state index < -0.39 is 0 Å². The molecule has 0 aliphatic carbocycles. The number of nitrogens with zero attached hydrogens (tertiary/aromatic N) is 3. The molecule has 4 rings (SSSR count). The zero-order valence-electron chi connectivity index (χ0n) is 13.4. The van der Waals surface area contributed by atoms with Gasteiger partial charge in [-0.1, -0.05) is 36.4 Å². The summed E-state index contributed by atoms with van der Waals surface area (Å²) in [6.07, 6.45) is 12.3. The number of benzene rings is 1. The number of ketones is 1. The summed E-state index contributed by atoms with van der Waals surface area (Å²) in [4.78, 5) is 21.0. The third-order valence-electron chi connectivity index (χ3n) is 4.01. The van der Waals surface area contributed by atoms with Crippen LogP contribution in [-0.4, -0.2) is 20.2 Å². The van der Waals surface area contributed by atoms with Gasteiger partial charge in [-0.3, -0.25) is 14.8 Å². The SMILES string of the molecule is O=C(/C=C/c1ccncc1)c1ccn2cc(-c3ccccc3)ncc12. The van der Waals surface area contributed by atoms with Gasteiger partial charge in [-0.15, -0.1) is 0 Å².